The molecule has 46 heavy (non-hydrogen) atoms. The molecule has 0 bridgehead atoms. The smallest absolute Gasteiger partial charge is 0.312 e. The number of carbonyl (C=O) groups is 4. The van der Waals surface area contributed by atoms with E-state index < -0.39 is 65.2 Å². The number of nitrogens with zero attached hydrogens (tertiary/aromatic N) is 3. The predicted octanol–water partition coefficient (Wildman–Crippen LogP) is 2.39. The first kappa shape index (κ1) is 37.3. The number of hydrogen-bond donors (Lipinski definition) is 4. The lowest BCUT2D eigenvalue weighted by Gasteiger charge is -2.35. The second kappa shape index (κ2) is 16.1. The summed E-state index contributed by atoms with van der Waals surface area (Å²) in [6.45, 7) is 15.3. The summed E-state index contributed by atoms with van der Waals surface area (Å²) in [5.41, 5.74) is -1.39. The van der Waals surface area contributed by atoms with Gasteiger partial charge < -0.3 is 30.5 Å². The third-order valence-electron chi connectivity index (χ3n) is 8.18. The van der Waals surface area contributed by atoms with Crippen LogP contribution in [0.2, 0.25) is 0 Å². The van der Waals surface area contributed by atoms with Crippen LogP contribution in [0.25, 0.3) is 0 Å². The molecule has 1 unspecified atom stereocenters. The molecule has 13 heteroatoms. The van der Waals surface area contributed by atoms with E-state index in [2.05, 4.69) is 25.9 Å². The van der Waals surface area contributed by atoms with Crippen molar-refractivity contribution in [3.63, 3.8) is 0 Å². The van der Waals surface area contributed by atoms with Crippen LogP contribution in [0.5, 0.6) is 0 Å². The van der Waals surface area contributed by atoms with E-state index in [1.807, 2.05) is 34.6 Å². The van der Waals surface area contributed by atoms with Crippen LogP contribution in [0.4, 0.5) is 0 Å². The Hall–Kier alpha value is -3.16. The number of esters is 1. The molecule has 1 aromatic rings. The van der Waals surface area contributed by atoms with Crippen LogP contribution in [0.3, 0.4) is 0 Å². The Morgan fingerprint density at radius 1 is 0.978 bits per heavy atom. The maximum absolute atomic E-state index is 14.0. The van der Waals surface area contributed by atoms with Crippen molar-refractivity contribution in [3.8, 4) is 0 Å². The molecule has 2 aliphatic rings. The van der Waals surface area contributed by atoms with E-state index in [4.69, 9.17) is 9.47 Å². The molecule has 1 aliphatic heterocycles. The van der Waals surface area contributed by atoms with Gasteiger partial charge in [-0.3, -0.25) is 29.1 Å². The first-order valence-corrected chi connectivity index (χ1v) is 16.4. The van der Waals surface area contributed by atoms with Crippen molar-refractivity contribution in [2.45, 2.75) is 118 Å². The normalized spacial score (nSPS) is 21.7. The van der Waals surface area contributed by atoms with Crippen LogP contribution in [-0.4, -0.2) is 93.5 Å². The molecule has 1 aromatic heterocycles. The highest BCUT2D eigenvalue weighted by molar-refractivity contribution is 5.97. The van der Waals surface area contributed by atoms with Gasteiger partial charge in [-0.25, -0.2) is 4.98 Å². The molecular weight excluding hydrogens is 592 g/mol. The number of ether oxygens (including phenoxy) is 2. The Balaban J connectivity index is 1.81. The highest BCUT2D eigenvalue weighted by Gasteiger charge is 2.45. The lowest BCUT2D eigenvalue weighted by molar-refractivity contribution is -0.193. The molecule has 1 aliphatic carbocycles. The molecule has 2 fully saturated rings. The Kier molecular flexibility index (Phi) is 13.1. The van der Waals surface area contributed by atoms with Crippen molar-refractivity contribution in [2.75, 3.05) is 19.7 Å². The average molecular weight is 647 g/mol. The molecule has 2 heterocycles. The molecule has 13 nitrogen and oxygen atoms in total. The first-order chi connectivity index (χ1) is 21.5. The van der Waals surface area contributed by atoms with Gasteiger partial charge in [0, 0.05) is 25.5 Å². The Morgan fingerprint density at radius 2 is 1.65 bits per heavy atom. The van der Waals surface area contributed by atoms with Crippen LogP contribution in [0, 0.1) is 23.2 Å². The topological polar surface area (TPSA) is 172 Å². The summed E-state index contributed by atoms with van der Waals surface area (Å²) in [6, 6.07) is -2.60. The van der Waals surface area contributed by atoms with E-state index >= 15 is 0 Å². The summed E-state index contributed by atoms with van der Waals surface area (Å²) in [4.78, 5) is 63.9. The van der Waals surface area contributed by atoms with Gasteiger partial charge in [-0.1, -0.05) is 53.9 Å². The van der Waals surface area contributed by atoms with Crippen LogP contribution in [0.1, 0.15) is 98.0 Å². The minimum atomic E-state index is -1.26. The lowest BCUT2D eigenvalue weighted by atomic mass is 9.82. The van der Waals surface area contributed by atoms with Crippen molar-refractivity contribution in [2.24, 2.45) is 23.2 Å². The molecule has 258 valence electrons. The number of aliphatic hydroxyl groups excluding tert-OH is 1. The number of hydrogen-bond acceptors (Lipinski definition) is 10. The number of nitrogens with one attached hydrogen (secondary N) is 3. The van der Waals surface area contributed by atoms with E-state index in [0.29, 0.717) is 6.61 Å². The van der Waals surface area contributed by atoms with Gasteiger partial charge in [-0.05, 0) is 50.9 Å². The Morgan fingerprint density at radius 3 is 2.22 bits per heavy atom. The van der Waals surface area contributed by atoms with E-state index in [-0.39, 0.29) is 30.6 Å². The van der Waals surface area contributed by atoms with E-state index in [9.17, 15) is 24.3 Å². The first-order valence-electron chi connectivity index (χ1n) is 16.4. The van der Waals surface area contributed by atoms with Crippen LogP contribution in [-0.2, 0) is 23.9 Å². The summed E-state index contributed by atoms with van der Waals surface area (Å²) in [5, 5.41) is 19.5. The zero-order valence-corrected chi connectivity index (χ0v) is 28.7. The van der Waals surface area contributed by atoms with Crippen LogP contribution < -0.4 is 16.0 Å². The largest absolute Gasteiger partial charge is 0.460 e. The molecule has 3 amide bonds. The quantitative estimate of drug-likeness (QED) is 0.195. The lowest BCUT2D eigenvalue weighted by Crippen LogP contribution is -2.61. The van der Waals surface area contributed by atoms with Gasteiger partial charge in [-0.15, -0.1) is 0 Å². The van der Waals surface area contributed by atoms with Crippen LogP contribution in [0.15, 0.2) is 18.6 Å². The van der Waals surface area contributed by atoms with Crippen molar-refractivity contribution >= 4 is 23.7 Å². The van der Waals surface area contributed by atoms with E-state index in [1.165, 1.54) is 18.6 Å². The fourth-order valence-corrected chi connectivity index (χ4v) is 5.83. The molecule has 1 saturated carbocycles. The number of likely N-dealkylation sites (tertiary alicyclic amines) is 1. The second-order valence-electron chi connectivity index (χ2n) is 15.0. The molecule has 3 rings (SSSR count). The van der Waals surface area contributed by atoms with E-state index in [0.717, 1.165) is 32.1 Å². The molecular formula is C33H54N6O7. The standard InChI is InChI=1S/C33H54N6O7/c1-20(2)19-45-31(44)39-17-22(30(43)46-33(6,7)8)24(18-39)36-29(42)26(32(3,4)5)38-28(41)25(21-12-10-9-11-13-21)37-27(40)23-16-34-14-15-35-23/h14-16,20-22,24-26,31,44H,9-13,17-19H2,1-8H3,(H,36,42)(H,37,40)(H,38,41)/t22-,24+,25+,26-,31?/m1/s1. The molecule has 0 aromatic carbocycles. The molecule has 4 N–H and O–H groups in total. The number of aromatic nitrogens is 2. The number of amides is 3. The number of carbonyl (C=O) groups excluding carboxylic acids is 4. The third-order valence-corrected chi connectivity index (χ3v) is 8.18. The Bertz CT molecular complexity index is 1180. The zero-order valence-electron chi connectivity index (χ0n) is 28.7. The fraction of sp³-hybridized carbons (Fsp3) is 0.758. The van der Waals surface area contributed by atoms with Gasteiger partial charge in [0.15, 0.2) is 0 Å². The van der Waals surface area contributed by atoms with Crippen molar-refractivity contribution in [1.29, 1.82) is 0 Å². The summed E-state index contributed by atoms with van der Waals surface area (Å²) in [6.07, 6.45) is 7.42. The van der Waals surface area contributed by atoms with Gasteiger partial charge in [0.05, 0.1) is 24.8 Å². The van der Waals surface area contributed by atoms with Crippen LogP contribution >= 0.6 is 0 Å². The zero-order chi connectivity index (χ0) is 34.2. The average Bonchev–Trinajstić information content (AvgIpc) is 3.40. The highest BCUT2D eigenvalue weighted by Crippen LogP contribution is 2.29. The second-order valence-corrected chi connectivity index (χ2v) is 15.0. The highest BCUT2D eigenvalue weighted by atomic mass is 16.6. The van der Waals surface area contributed by atoms with Crippen molar-refractivity contribution < 1.29 is 33.8 Å². The predicted molar refractivity (Wildman–Crippen MR) is 171 cm³/mol. The number of aliphatic hydroxyl groups is 1. The summed E-state index contributed by atoms with van der Waals surface area (Å²) in [7, 11) is 0. The van der Waals surface area contributed by atoms with Gasteiger partial charge >= 0.3 is 5.97 Å². The Labute approximate surface area is 273 Å². The summed E-state index contributed by atoms with van der Waals surface area (Å²) >= 11 is 0. The van der Waals surface area contributed by atoms with E-state index in [1.54, 1.807) is 25.7 Å². The van der Waals surface area contributed by atoms with Crippen molar-refractivity contribution in [1.82, 2.24) is 30.8 Å². The number of rotatable bonds is 12. The summed E-state index contributed by atoms with van der Waals surface area (Å²) in [5.74, 6) is -2.66. The third kappa shape index (κ3) is 11.0. The monoisotopic (exact) mass is 646 g/mol. The minimum absolute atomic E-state index is 0.0970. The fourth-order valence-electron chi connectivity index (χ4n) is 5.83. The van der Waals surface area contributed by atoms with Crippen molar-refractivity contribution in [3.05, 3.63) is 24.3 Å². The van der Waals surface area contributed by atoms with Gasteiger partial charge in [0.25, 0.3) is 5.91 Å². The van der Waals surface area contributed by atoms with Gasteiger partial charge in [-0.2, -0.15) is 0 Å². The maximum atomic E-state index is 14.0. The molecule has 1 saturated heterocycles. The molecule has 5 atom stereocenters. The SMILES string of the molecule is CC(C)COC(O)N1C[C@H](NC(=O)[C@@H](NC(=O)[C@@H](NC(=O)c2cnccn2)C2CCCCC2)C(C)(C)C)[C@H](C(=O)OC(C)(C)C)C1. The minimum Gasteiger partial charge on any atom is -0.460 e. The molecule has 0 spiro atoms. The van der Waals surface area contributed by atoms with Gasteiger partial charge in [0.1, 0.15) is 23.4 Å². The molecule has 0 radical (unpaired) electrons. The van der Waals surface area contributed by atoms with Gasteiger partial charge in [0.2, 0.25) is 18.2 Å². The summed E-state index contributed by atoms with van der Waals surface area (Å²) < 4.78 is 11.3. The maximum Gasteiger partial charge on any atom is 0.312 e.